The molecule has 4 heteroatoms. The van der Waals surface area contributed by atoms with E-state index in [1.54, 1.807) is 0 Å². The predicted octanol–water partition coefficient (Wildman–Crippen LogP) is 2.61. The summed E-state index contributed by atoms with van der Waals surface area (Å²) in [5.74, 6) is 0.447. The third-order valence-corrected chi connectivity index (χ3v) is 6.08. The first kappa shape index (κ1) is 14.9. The Hall–Kier alpha value is -1.06. The van der Waals surface area contributed by atoms with Gasteiger partial charge in [-0.15, -0.1) is 0 Å². The van der Waals surface area contributed by atoms with Gasteiger partial charge in [0.2, 0.25) is 11.8 Å². The average Bonchev–Trinajstić information content (AvgIpc) is 2.83. The first-order valence-electron chi connectivity index (χ1n) is 8.62. The third-order valence-electron chi connectivity index (χ3n) is 6.08. The van der Waals surface area contributed by atoms with Gasteiger partial charge in [-0.2, -0.15) is 0 Å². The minimum absolute atomic E-state index is 0.0562. The molecule has 2 aliphatic carbocycles. The van der Waals surface area contributed by atoms with Gasteiger partial charge in [-0.1, -0.05) is 33.6 Å². The summed E-state index contributed by atoms with van der Waals surface area (Å²) in [5, 5.41) is 3.12. The van der Waals surface area contributed by atoms with Crippen molar-refractivity contribution >= 4 is 11.8 Å². The second-order valence-electron chi connectivity index (χ2n) is 7.57. The fraction of sp³-hybridized carbons (Fsp3) is 0.882. The summed E-state index contributed by atoms with van der Waals surface area (Å²) in [6.07, 6.45) is 7.99. The maximum atomic E-state index is 13.3. The molecule has 1 unspecified atom stereocenters. The van der Waals surface area contributed by atoms with E-state index >= 15 is 0 Å². The molecule has 4 nitrogen and oxygen atoms in total. The van der Waals surface area contributed by atoms with Crippen LogP contribution in [0.25, 0.3) is 0 Å². The number of piperazine rings is 1. The van der Waals surface area contributed by atoms with Gasteiger partial charge in [0, 0.05) is 5.54 Å². The maximum absolute atomic E-state index is 13.3. The molecule has 3 fully saturated rings. The van der Waals surface area contributed by atoms with E-state index in [1.807, 2.05) is 4.90 Å². The van der Waals surface area contributed by atoms with E-state index in [-0.39, 0.29) is 29.3 Å². The Labute approximate surface area is 127 Å². The lowest BCUT2D eigenvalue weighted by Gasteiger charge is -2.58. The van der Waals surface area contributed by atoms with Gasteiger partial charge in [-0.05, 0) is 44.4 Å². The smallest absolute Gasteiger partial charge is 0.249 e. The zero-order valence-electron chi connectivity index (χ0n) is 13.6. The quantitative estimate of drug-likeness (QED) is 0.869. The minimum Gasteiger partial charge on any atom is -0.340 e. The lowest BCUT2D eigenvalue weighted by Crippen LogP contribution is -2.76. The van der Waals surface area contributed by atoms with E-state index in [9.17, 15) is 9.59 Å². The normalized spacial score (nSPS) is 30.7. The Bertz CT molecular complexity index is 442. The fourth-order valence-corrected chi connectivity index (χ4v) is 4.62. The Morgan fingerprint density at radius 2 is 1.76 bits per heavy atom. The Morgan fingerprint density at radius 3 is 2.19 bits per heavy atom. The summed E-state index contributed by atoms with van der Waals surface area (Å²) in [5.41, 5.74) is -0.639. The Kier molecular flexibility index (Phi) is 3.53. The van der Waals surface area contributed by atoms with Crippen LogP contribution in [0.3, 0.4) is 0 Å². The first-order chi connectivity index (χ1) is 9.96. The highest BCUT2D eigenvalue weighted by Gasteiger charge is 2.58. The summed E-state index contributed by atoms with van der Waals surface area (Å²) in [6, 6.07) is -0.288. The molecule has 0 bridgehead atoms. The van der Waals surface area contributed by atoms with E-state index < -0.39 is 5.54 Å². The van der Waals surface area contributed by atoms with Crippen molar-refractivity contribution in [1.29, 1.82) is 0 Å². The van der Waals surface area contributed by atoms with Crippen molar-refractivity contribution in [3.05, 3.63) is 0 Å². The lowest BCUT2D eigenvalue weighted by atomic mass is 9.70. The van der Waals surface area contributed by atoms with E-state index in [4.69, 9.17) is 0 Å². The van der Waals surface area contributed by atoms with E-state index in [1.165, 1.54) is 6.42 Å². The summed E-state index contributed by atoms with van der Waals surface area (Å²) in [6.45, 7) is 6.27. The molecule has 0 aromatic carbocycles. The number of hydrogen-bond acceptors (Lipinski definition) is 2. The molecule has 3 aliphatic rings. The third kappa shape index (κ3) is 2.01. The molecule has 0 radical (unpaired) electrons. The van der Waals surface area contributed by atoms with Crippen LogP contribution in [0.2, 0.25) is 0 Å². The van der Waals surface area contributed by atoms with Gasteiger partial charge in [0.15, 0.2) is 0 Å². The number of carbonyl (C=O) groups is 2. The standard InChI is InChI=1S/C17H28N2O2/c1-4-16(8-7-9-16)19-13(12(2)3)14(20)18-17(15(19)21)10-5-6-11-17/h12-13H,4-11H2,1-3H3,(H,18,20). The molecular formula is C17H28N2O2. The highest BCUT2D eigenvalue weighted by atomic mass is 16.2. The van der Waals surface area contributed by atoms with Crippen LogP contribution in [0.5, 0.6) is 0 Å². The van der Waals surface area contributed by atoms with Gasteiger partial charge in [0.25, 0.3) is 0 Å². The zero-order valence-corrected chi connectivity index (χ0v) is 13.6. The van der Waals surface area contributed by atoms with Gasteiger partial charge in [0.05, 0.1) is 0 Å². The van der Waals surface area contributed by atoms with Crippen molar-refractivity contribution in [3.63, 3.8) is 0 Å². The van der Waals surface area contributed by atoms with Crippen LogP contribution in [-0.4, -0.2) is 33.8 Å². The van der Waals surface area contributed by atoms with Crippen LogP contribution in [0.1, 0.15) is 72.1 Å². The molecule has 1 heterocycles. The van der Waals surface area contributed by atoms with Gasteiger partial charge < -0.3 is 10.2 Å². The first-order valence-corrected chi connectivity index (χ1v) is 8.62. The number of rotatable bonds is 3. The molecule has 1 aliphatic heterocycles. The van der Waals surface area contributed by atoms with E-state index in [2.05, 4.69) is 26.1 Å². The number of hydrogen-bond donors (Lipinski definition) is 1. The van der Waals surface area contributed by atoms with Gasteiger partial charge >= 0.3 is 0 Å². The molecule has 118 valence electrons. The van der Waals surface area contributed by atoms with Crippen molar-refractivity contribution in [2.75, 3.05) is 0 Å². The van der Waals surface area contributed by atoms with Crippen molar-refractivity contribution in [3.8, 4) is 0 Å². The molecule has 3 rings (SSSR count). The molecule has 2 saturated carbocycles. The monoisotopic (exact) mass is 292 g/mol. The maximum Gasteiger partial charge on any atom is 0.249 e. The summed E-state index contributed by atoms with van der Waals surface area (Å²) < 4.78 is 0. The number of nitrogens with one attached hydrogen (secondary N) is 1. The van der Waals surface area contributed by atoms with Gasteiger partial charge in [-0.3, -0.25) is 9.59 Å². The van der Waals surface area contributed by atoms with Gasteiger partial charge in [0.1, 0.15) is 11.6 Å². The molecule has 1 saturated heterocycles. The second-order valence-corrected chi connectivity index (χ2v) is 7.57. The molecule has 1 spiro atoms. The molecule has 21 heavy (non-hydrogen) atoms. The minimum atomic E-state index is -0.583. The van der Waals surface area contributed by atoms with Crippen molar-refractivity contribution < 1.29 is 9.59 Å². The van der Waals surface area contributed by atoms with Crippen molar-refractivity contribution in [2.45, 2.75) is 89.3 Å². The highest BCUT2D eigenvalue weighted by Crippen LogP contribution is 2.47. The second kappa shape index (κ2) is 4.99. The molecular weight excluding hydrogens is 264 g/mol. The zero-order chi connectivity index (χ0) is 15.3. The van der Waals surface area contributed by atoms with Crippen LogP contribution < -0.4 is 5.32 Å². The SMILES string of the molecule is CCC1(N2C(=O)C3(CCCC3)NC(=O)C2C(C)C)CCC1. The topological polar surface area (TPSA) is 49.4 Å². The Morgan fingerprint density at radius 1 is 1.14 bits per heavy atom. The number of nitrogens with zero attached hydrogens (tertiary/aromatic N) is 1. The highest BCUT2D eigenvalue weighted by molar-refractivity contribution is 6.00. The van der Waals surface area contributed by atoms with Gasteiger partial charge in [-0.25, -0.2) is 0 Å². The van der Waals surface area contributed by atoms with Crippen molar-refractivity contribution in [1.82, 2.24) is 10.2 Å². The van der Waals surface area contributed by atoms with Crippen LogP contribution in [0.4, 0.5) is 0 Å². The lowest BCUT2D eigenvalue weighted by molar-refractivity contribution is -0.170. The van der Waals surface area contributed by atoms with E-state index in [0.29, 0.717) is 0 Å². The molecule has 2 amide bonds. The van der Waals surface area contributed by atoms with Crippen LogP contribution in [0, 0.1) is 5.92 Å². The Balaban J connectivity index is 2.01. The average molecular weight is 292 g/mol. The van der Waals surface area contributed by atoms with E-state index in [0.717, 1.165) is 44.9 Å². The van der Waals surface area contributed by atoms with Crippen molar-refractivity contribution in [2.24, 2.45) is 5.92 Å². The summed E-state index contributed by atoms with van der Waals surface area (Å²) in [7, 11) is 0. The number of amides is 2. The predicted molar refractivity (Wildman–Crippen MR) is 81.7 cm³/mol. The summed E-state index contributed by atoms with van der Waals surface area (Å²) in [4.78, 5) is 28.1. The molecule has 1 atom stereocenters. The van der Waals surface area contributed by atoms with Crippen LogP contribution in [-0.2, 0) is 9.59 Å². The van der Waals surface area contributed by atoms with Crippen LogP contribution in [0.15, 0.2) is 0 Å². The fourth-order valence-electron chi connectivity index (χ4n) is 4.62. The van der Waals surface area contributed by atoms with Crippen LogP contribution >= 0.6 is 0 Å². The summed E-state index contributed by atoms with van der Waals surface area (Å²) >= 11 is 0. The molecule has 0 aromatic rings. The molecule has 0 aromatic heterocycles. The molecule has 1 N–H and O–H groups in total. The number of carbonyl (C=O) groups excluding carboxylic acids is 2. The largest absolute Gasteiger partial charge is 0.340 e.